The van der Waals surface area contributed by atoms with Gasteiger partial charge in [-0.2, -0.15) is 5.11 Å². The third-order valence-corrected chi connectivity index (χ3v) is 7.74. The SMILES string of the molecule is COc1cc(N=Nc2c(SOOO)cc3ccc(N)cc3c2O)c(OC)cc1N=Nc1ccc(S(=O)(=O)NC(C)=O)cc1. The number of benzene rings is 4. The lowest BCUT2D eigenvalue weighted by Crippen LogP contribution is -2.28. The highest BCUT2D eigenvalue weighted by Gasteiger charge is 2.18. The lowest BCUT2D eigenvalue weighted by molar-refractivity contribution is -0.432. The molecule has 0 fully saturated rings. The highest BCUT2D eigenvalue weighted by atomic mass is 32.2. The van der Waals surface area contributed by atoms with E-state index in [1.54, 1.807) is 24.3 Å². The molecule has 5 N–H and O–H groups in total. The Morgan fingerprint density at radius 3 is 2.12 bits per heavy atom. The van der Waals surface area contributed by atoms with E-state index in [1.165, 1.54) is 50.6 Å². The molecule has 4 rings (SSSR count). The summed E-state index contributed by atoms with van der Waals surface area (Å²) in [5, 5.41) is 41.0. The van der Waals surface area contributed by atoms with Crippen molar-refractivity contribution >= 4 is 67.2 Å². The molecule has 0 aromatic heterocycles. The van der Waals surface area contributed by atoms with Gasteiger partial charge in [-0.1, -0.05) is 11.1 Å². The summed E-state index contributed by atoms with van der Waals surface area (Å²) >= 11 is 0.592. The minimum Gasteiger partial charge on any atom is -0.505 e. The Balaban J connectivity index is 1.67. The summed E-state index contributed by atoms with van der Waals surface area (Å²) in [7, 11) is -1.18. The maximum atomic E-state index is 12.1. The molecule has 0 saturated carbocycles. The number of nitrogens with zero attached hydrogens (tertiary/aromatic N) is 4. The van der Waals surface area contributed by atoms with E-state index in [9.17, 15) is 18.3 Å². The highest BCUT2D eigenvalue weighted by Crippen LogP contribution is 2.46. The molecule has 0 aliphatic carbocycles. The number of anilines is 1. The summed E-state index contributed by atoms with van der Waals surface area (Å²) in [6, 6.07) is 14.9. The number of nitrogens with two attached hydrogens (primary N) is 1. The van der Waals surface area contributed by atoms with Crippen LogP contribution < -0.4 is 19.9 Å². The summed E-state index contributed by atoms with van der Waals surface area (Å²) < 4.78 is 41.6. The van der Waals surface area contributed by atoms with Crippen molar-refractivity contribution in [3.8, 4) is 17.2 Å². The van der Waals surface area contributed by atoms with Gasteiger partial charge in [0.05, 0.1) is 41.7 Å². The standard InChI is InChI=1S/C26H24N6O9S2/c1-14(33)32-43(36,37)18-8-6-17(7-9-18)28-29-20-12-23(39-3)21(13-22(20)38-2)30-31-25-24(42-41-40-35)10-15-4-5-16(27)11-19(15)26(25)34/h4-13,34-35H,27H2,1-3H3,(H,32,33). The van der Waals surface area contributed by atoms with Gasteiger partial charge in [0, 0.05) is 30.1 Å². The number of nitrogens with one attached hydrogen (secondary N) is 1. The average molecular weight is 629 g/mol. The first-order chi connectivity index (χ1) is 20.6. The van der Waals surface area contributed by atoms with Crippen molar-refractivity contribution in [1.82, 2.24) is 4.72 Å². The Kier molecular flexibility index (Phi) is 9.73. The summed E-state index contributed by atoms with van der Waals surface area (Å²) in [6.07, 6.45) is 0. The molecule has 17 heteroatoms. The number of hydrogen-bond acceptors (Lipinski definition) is 15. The topological polar surface area (TPSA) is 216 Å². The third-order valence-electron chi connectivity index (χ3n) is 5.67. The Morgan fingerprint density at radius 1 is 0.907 bits per heavy atom. The molecule has 0 radical (unpaired) electrons. The van der Waals surface area contributed by atoms with Crippen LogP contribution >= 0.6 is 12.0 Å². The van der Waals surface area contributed by atoms with Gasteiger partial charge in [-0.3, -0.25) is 4.79 Å². The molecular weight excluding hydrogens is 604 g/mol. The molecule has 0 aliphatic heterocycles. The number of azo groups is 2. The number of phenols is 1. The zero-order valence-electron chi connectivity index (χ0n) is 22.7. The molecule has 0 atom stereocenters. The molecule has 4 aromatic carbocycles. The van der Waals surface area contributed by atoms with Crippen LogP contribution in [0.2, 0.25) is 0 Å². The van der Waals surface area contributed by atoms with E-state index in [0.717, 1.165) is 6.92 Å². The van der Waals surface area contributed by atoms with Crippen molar-refractivity contribution in [2.45, 2.75) is 16.7 Å². The molecular formula is C26H24N6O9S2. The number of aromatic hydroxyl groups is 1. The number of amides is 1. The van der Waals surface area contributed by atoms with Gasteiger partial charge < -0.3 is 20.3 Å². The van der Waals surface area contributed by atoms with E-state index in [-0.39, 0.29) is 44.1 Å². The molecule has 0 spiro atoms. The molecule has 0 bridgehead atoms. The van der Waals surface area contributed by atoms with Crippen LogP contribution in [0.3, 0.4) is 0 Å². The number of hydrogen-bond donors (Lipinski definition) is 4. The maximum Gasteiger partial charge on any atom is 0.264 e. The number of rotatable bonds is 11. The second-order valence-corrected chi connectivity index (χ2v) is 11.0. The largest absolute Gasteiger partial charge is 0.505 e. The number of fused-ring (bicyclic) bond motifs is 1. The fourth-order valence-corrected chi connectivity index (χ4v) is 5.23. The number of carbonyl (C=O) groups is 1. The van der Waals surface area contributed by atoms with Crippen LogP contribution in [-0.2, 0) is 24.2 Å². The van der Waals surface area contributed by atoms with Gasteiger partial charge >= 0.3 is 0 Å². The molecule has 1 amide bonds. The summed E-state index contributed by atoms with van der Waals surface area (Å²) in [5.41, 5.74) is 7.06. The zero-order chi connectivity index (χ0) is 31.1. The second-order valence-electron chi connectivity index (χ2n) is 8.53. The molecule has 0 heterocycles. The Labute approximate surface area is 249 Å². The van der Waals surface area contributed by atoms with E-state index in [4.69, 9.17) is 20.5 Å². The lowest BCUT2D eigenvalue weighted by Gasteiger charge is -2.11. The monoisotopic (exact) mass is 628 g/mol. The van der Waals surface area contributed by atoms with Crippen molar-refractivity contribution in [2.75, 3.05) is 20.0 Å². The van der Waals surface area contributed by atoms with Gasteiger partial charge in [0.1, 0.15) is 28.6 Å². The molecule has 43 heavy (non-hydrogen) atoms. The van der Waals surface area contributed by atoms with Gasteiger partial charge in [-0.05, 0) is 47.9 Å². The van der Waals surface area contributed by atoms with Crippen molar-refractivity contribution in [3.63, 3.8) is 0 Å². The zero-order valence-corrected chi connectivity index (χ0v) is 24.3. The quantitative estimate of drug-likeness (QED) is 0.0480. The van der Waals surface area contributed by atoms with Gasteiger partial charge in [0.15, 0.2) is 5.75 Å². The average Bonchev–Trinajstić information content (AvgIpc) is 2.98. The molecule has 15 nitrogen and oxygen atoms in total. The summed E-state index contributed by atoms with van der Waals surface area (Å²) in [5.74, 6) is -0.490. The third kappa shape index (κ3) is 7.34. The van der Waals surface area contributed by atoms with Gasteiger partial charge in [0.2, 0.25) is 5.91 Å². The first kappa shape index (κ1) is 31.1. The van der Waals surface area contributed by atoms with Crippen molar-refractivity contribution in [3.05, 3.63) is 60.7 Å². The fraction of sp³-hybridized carbons (Fsp3) is 0.115. The molecule has 4 aromatic rings. The highest BCUT2D eigenvalue weighted by molar-refractivity contribution is 7.94. The Bertz CT molecular complexity index is 1830. The van der Waals surface area contributed by atoms with E-state index < -0.39 is 15.9 Å². The molecule has 0 saturated heterocycles. The minimum absolute atomic E-state index is 0.00565. The smallest absolute Gasteiger partial charge is 0.264 e. The second kappa shape index (κ2) is 13.4. The van der Waals surface area contributed by atoms with E-state index >= 15 is 0 Å². The van der Waals surface area contributed by atoms with Crippen LogP contribution in [0.5, 0.6) is 17.2 Å². The molecule has 0 aliphatic rings. The van der Waals surface area contributed by atoms with Gasteiger partial charge in [-0.25, -0.2) is 18.4 Å². The van der Waals surface area contributed by atoms with E-state index in [2.05, 4.69) is 29.8 Å². The fourth-order valence-electron chi connectivity index (χ4n) is 3.75. The molecule has 224 valence electrons. The van der Waals surface area contributed by atoms with Crippen LogP contribution in [0.25, 0.3) is 10.8 Å². The first-order valence-electron chi connectivity index (χ1n) is 12.0. The predicted molar refractivity (Wildman–Crippen MR) is 156 cm³/mol. The van der Waals surface area contributed by atoms with Crippen molar-refractivity contribution in [2.24, 2.45) is 20.5 Å². The Hall–Kier alpha value is -4.81. The van der Waals surface area contributed by atoms with Crippen molar-refractivity contribution < 1.29 is 42.4 Å². The van der Waals surface area contributed by atoms with Crippen LogP contribution in [0, 0.1) is 0 Å². The van der Waals surface area contributed by atoms with E-state index in [0.29, 0.717) is 34.2 Å². The van der Waals surface area contributed by atoms with Gasteiger partial charge in [0.25, 0.3) is 10.0 Å². The maximum absolute atomic E-state index is 12.1. The first-order valence-corrected chi connectivity index (χ1v) is 14.2. The number of carbonyl (C=O) groups excluding carboxylic acids is 1. The van der Waals surface area contributed by atoms with Crippen LogP contribution in [0.1, 0.15) is 6.92 Å². The number of methoxy groups -OCH3 is 2. The van der Waals surface area contributed by atoms with Crippen LogP contribution in [0.4, 0.5) is 28.4 Å². The predicted octanol–water partition coefficient (Wildman–Crippen LogP) is 6.23. The van der Waals surface area contributed by atoms with Crippen LogP contribution in [0.15, 0.2) is 90.9 Å². The lowest BCUT2D eigenvalue weighted by atomic mass is 10.1. The minimum atomic E-state index is -3.99. The summed E-state index contributed by atoms with van der Waals surface area (Å²) in [4.78, 5) is 11.3. The summed E-state index contributed by atoms with van der Waals surface area (Å²) in [6.45, 7) is 1.10. The van der Waals surface area contributed by atoms with Crippen molar-refractivity contribution in [1.29, 1.82) is 0 Å². The Morgan fingerprint density at radius 2 is 1.53 bits per heavy atom. The van der Waals surface area contributed by atoms with Crippen LogP contribution in [-0.4, -0.2) is 38.9 Å². The number of phenolic OH excluding ortho intramolecular Hbond substituents is 1. The number of ether oxygens (including phenoxy) is 2. The number of nitrogen functional groups attached to an aromatic ring is 1. The normalized spacial score (nSPS) is 11.8. The number of sulfonamides is 1. The van der Waals surface area contributed by atoms with Gasteiger partial charge in [-0.15, -0.1) is 19.7 Å². The van der Waals surface area contributed by atoms with E-state index in [1.807, 2.05) is 4.72 Å². The molecule has 0 unspecified atom stereocenters.